The lowest BCUT2D eigenvalue weighted by atomic mass is 10.2. The molecule has 1 aromatic carbocycles. The highest BCUT2D eigenvalue weighted by Gasteiger charge is 2.08. The van der Waals surface area contributed by atoms with E-state index in [1.807, 2.05) is 6.07 Å². The lowest BCUT2D eigenvalue weighted by molar-refractivity contribution is -0.138. The van der Waals surface area contributed by atoms with Crippen molar-refractivity contribution in [3.05, 3.63) is 28.8 Å². The van der Waals surface area contributed by atoms with E-state index >= 15 is 0 Å². The van der Waals surface area contributed by atoms with Crippen molar-refractivity contribution in [2.75, 3.05) is 5.32 Å². The van der Waals surface area contributed by atoms with Gasteiger partial charge in [0, 0.05) is 6.42 Å². The van der Waals surface area contributed by atoms with Gasteiger partial charge in [-0.15, -0.1) is 0 Å². The summed E-state index contributed by atoms with van der Waals surface area (Å²) in [6.45, 7) is 0. The SMILES string of the molecule is N#Cc1ccc(Cl)c(NC(=O)CCC(=O)O)c1. The van der Waals surface area contributed by atoms with Crippen molar-refractivity contribution in [2.45, 2.75) is 12.8 Å². The Balaban J connectivity index is 2.71. The first kappa shape index (κ1) is 13.0. The van der Waals surface area contributed by atoms with E-state index in [1.165, 1.54) is 18.2 Å². The number of amides is 1. The molecular weight excluding hydrogens is 244 g/mol. The van der Waals surface area contributed by atoms with E-state index < -0.39 is 11.9 Å². The fourth-order valence-electron chi connectivity index (χ4n) is 1.12. The maximum atomic E-state index is 11.4. The van der Waals surface area contributed by atoms with Gasteiger partial charge in [-0.1, -0.05) is 11.6 Å². The number of carboxylic acid groups (broad SMARTS) is 1. The van der Waals surface area contributed by atoms with Gasteiger partial charge < -0.3 is 10.4 Å². The molecule has 0 aliphatic rings. The van der Waals surface area contributed by atoms with Gasteiger partial charge in [0.05, 0.1) is 28.8 Å². The first-order valence-corrected chi connectivity index (χ1v) is 5.12. The number of rotatable bonds is 4. The van der Waals surface area contributed by atoms with Crippen LogP contribution in [0.1, 0.15) is 18.4 Å². The lowest BCUT2D eigenvalue weighted by Gasteiger charge is -2.06. The molecule has 88 valence electrons. The van der Waals surface area contributed by atoms with Crippen LogP contribution in [0.5, 0.6) is 0 Å². The maximum Gasteiger partial charge on any atom is 0.303 e. The summed E-state index contributed by atoms with van der Waals surface area (Å²) in [5, 5.41) is 19.8. The van der Waals surface area contributed by atoms with Gasteiger partial charge in [0.1, 0.15) is 0 Å². The van der Waals surface area contributed by atoms with Gasteiger partial charge in [0.2, 0.25) is 5.91 Å². The van der Waals surface area contributed by atoms with Crippen molar-refractivity contribution in [2.24, 2.45) is 0 Å². The molecule has 0 saturated heterocycles. The van der Waals surface area contributed by atoms with E-state index in [2.05, 4.69) is 5.32 Å². The molecule has 0 spiro atoms. The smallest absolute Gasteiger partial charge is 0.303 e. The summed E-state index contributed by atoms with van der Waals surface area (Å²) >= 11 is 5.82. The Labute approximate surface area is 103 Å². The van der Waals surface area contributed by atoms with Crippen LogP contribution in [0.2, 0.25) is 5.02 Å². The Bertz CT molecular complexity index is 494. The summed E-state index contributed by atoms with van der Waals surface area (Å²) in [4.78, 5) is 21.6. The van der Waals surface area contributed by atoms with Crippen LogP contribution in [0.3, 0.4) is 0 Å². The molecule has 1 amide bonds. The van der Waals surface area contributed by atoms with E-state index in [9.17, 15) is 9.59 Å². The number of halogens is 1. The summed E-state index contributed by atoms with van der Waals surface area (Å²) in [7, 11) is 0. The molecule has 0 aliphatic carbocycles. The van der Waals surface area contributed by atoms with E-state index in [0.717, 1.165) is 0 Å². The number of carboxylic acids is 1. The monoisotopic (exact) mass is 252 g/mol. The summed E-state index contributed by atoms with van der Waals surface area (Å²) in [6.07, 6.45) is -0.385. The van der Waals surface area contributed by atoms with Crippen molar-refractivity contribution >= 4 is 29.2 Å². The highest BCUT2D eigenvalue weighted by atomic mass is 35.5. The summed E-state index contributed by atoms with van der Waals surface area (Å²) in [5.74, 6) is -1.50. The quantitative estimate of drug-likeness (QED) is 0.858. The van der Waals surface area contributed by atoms with Gasteiger partial charge in [-0.2, -0.15) is 5.26 Å². The van der Waals surface area contributed by atoms with Crippen LogP contribution in [-0.4, -0.2) is 17.0 Å². The number of nitrogens with zero attached hydrogens (tertiary/aromatic N) is 1. The number of carbonyl (C=O) groups is 2. The highest BCUT2D eigenvalue weighted by Crippen LogP contribution is 2.22. The topological polar surface area (TPSA) is 90.2 Å². The largest absolute Gasteiger partial charge is 0.481 e. The number of carbonyl (C=O) groups excluding carboxylic acids is 1. The molecule has 0 atom stereocenters. The number of hydrogen-bond donors (Lipinski definition) is 2. The van der Waals surface area contributed by atoms with Crippen molar-refractivity contribution in [1.82, 2.24) is 0 Å². The second kappa shape index (κ2) is 5.87. The van der Waals surface area contributed by atoms with Crippen LogP contribution < -0.4 is 5.32 Å². The van der Waals surface area contributed by atoms with Crippen LogP contribution in [-0.2, 0) is 9.59 Å². The van der Waals surface area contributed by atoms with E-state index in [-0.39, 0.29) is 12.8 Å². The fraction of sp³-hybridized carbons (Fsp3) is 0.182. The molecule has 0 unspecified atom stereocenters. The Morgan fingerprint density at radius 1 is 1.41 bits per heavy atom. The average molecular weight is 253 g/mol. The number of benzene rings is 1. The van der Waals surface area contributed by atoms with Crippen LogP contribution in [0.15, 0.2) is 18.2 Å². The Morgan fingerprint density at radius 2 is 2.12 bits per heavy atom. The summed E-state index contributed by atoms with van der Waals surface area (Å²) in [5.41, 5.74) is 0.670. The van der Waals surface area contributed by atoms with Gasteiger partial charge >= 0.3 is 5.97 Å². The molecule has 0 saturated carbocycles. The molecule has 6 heteroatoms. The van der Waals surface area contributed by atoms with Crippen LogP contribution >= 0.6 is 11.6 Å². The van der Waals surface area contributed by atoms with E-state index in [0.29, 0.717) is 16.3 Å². The molecule has 5 nitrogen and oxygen atoms in total. The predicted molar refractivity (Wildman–Crippen MR) is 61.7 cm³/mol. The number of nitrogens with one attached hydrogen (secondary N) is 1. The first-order chi connectivity index (χ1) is 8.02. The standard InChI is InChI=1S/C11H9ClN2O3/c12-8-2-1-7(6-13)5-9(8)14-10(15)3-4-11(16)17/h1-2,5H,3-4H2,(H,14,15)(H,16,17). The van der Waals surface area contributed by atoms with Crippen LogP contribution in [0.4, 0.5) is 5.69 Å². The minimum atomic E-state index is -1.04. The second-order valence-corrected chi connectivity index (χ2v) is 3.66. The first-order valence-electron chi connectivity index (χ1n) is 4.74. The molecule has 0 bridgehead atoms. The minimum absolute atomic E-state index is 0.136. The maximum absolute atomic E-state index is 11.4. The normalized spacial score (nSPS) is 9.41. The van der Waals surface area contributed by atoms with Crippen molar-refractivity contribution in [1.29, 1.82) is 5.26 Å². The Kier molecular flexibility index (Phi) is 4.49. The lowest BCUT2D eigenvalue weighted by Crippen LogP contribution is -2.13. The fourth-order valence-corrected chi connectivity index (χ4v) is 1.29. The Morgan fingerprint density at radius 3 is 2.71 bits per heavy atom. The molecule has 1 aromatic rings. The number of hydrogen-bond acceptors (Lipinski definition) is 3. The third-order valence-electron chi connectivity index (χ3n) is 1.94. The molecule has 0 radical (unpaired) electrons. The molecule has 0 aliphatic heterocycles. The zero-order chi connectivity index (χ0) is 12.8. The molecule has 1 rings (SSSR count). The van der Waals surface area contributed by atoms with Crippen LogP contribution in [0, 0.1) is 11.3 Å². The van der Waals surface area contributed by atoms with Gasteiger partial charge in [-0.05, 0) is 18.2 Å². The highest BCUT2D eigenvalue weighted by molar-refractivity contribution is 6.33. The van der Waals surface area contributed by atoms with Gasteiger partial charge in [0.25, 0.3) is 0 Å². The van der Waals surface area contributed by atoms with E-state index in [1.54, 1.807) is 0 Å². The number of nitriles is 1. The predicted octanol–water partition coefficient (Wildman–Crippen LogP) is 2.01. The summed E-state index contributed by atoms with van der Waals surface area (Å²) < 4.78 is 0. The summed E-state index contributed by atoms with van der Waals surface area (Å²) in [6, 6.07) is 6.36. The minimum Gasteiger partial charge on any atom is -0.481 e. The van der Waals surface area contributed by atoms with Gasteiger partial charge in [-0.25, -0.2) is 0 Å². The van der Waals surface area contributed by atoms with Crippen molar-refractivity contribution in [3.63, 3.8) is 0 Å². The van der Waals surface area contributed by atoms with Crippen molar-refractivity contribution in [3.8, 4) is 6.07 Å². The van der Waals surface area contributed by atoms with Gasteiger partial charge in [-0.3, -0.25) is 9.59 Å². The molecule has 2 N–H and O–H groups in total. The molecule has 0 aromatic heterocycles. The van der Waals surface area contributed by atoms with Gasteiger partial charge in [0.15, 0.2) is 0 Å². The number of aliphatic carboxylic acids is 1. The molecule has 17 heavy (non-hydrogen) atoms. The second-order valence-electron chi connectivity index (χ2n) is 3.25. The van der Waals surface area contributed by atoms with Crippen LogP contribution in [0.25, 0.3) is 0 Å². The molecular formula is C11H9ClN2O3. The third-order valence-corrected chi connectivity index (χ3v) is 2.27. The molecule has 0 fully saturated rings. The average Bonchev–Trinajstić information content (AvgIpc) is 2.29. The van der Waals surface area contributed by atoms with E-state index in [4.69, 9.17) is 22.0 Å². The Hall–Kier alpha value is -2.06. The molecule has 0 heterocycles. The van der Waals surface area contributed by atoms with Crippen molar-refractivity contribution < 1.29 is 14.7 Å². The zero-order valence-corrected chi connectivity index (χ0v) is 9.49. The third kappa shape index (κ3) is 4.13. The number of anilines is 1. The zero-order valence-electron chi connectivity index (χ0n) is 8.74.